The van der Waals surface area contributed by atoms with Gasteiger partial charge in [-0.3, -0.25) is 4.79 Å². The fourth-order valence-corrected chi connectivity index (χ4v) is 3.11. The molecule has 0 bridgehead atoms. The van der Waals surface area contributed by atoms with Crippen LogP contribution in [0, 0.1) is 11.2 Å². The third-order valence-corrected chi connectivity index (χ3v) is 4.26. The van der Waals surface area contributed by atoms with Crippen LogP contribution in [0.1, 0.15) is 47.7 Å². The number of carbonyl (C=O) groups is 1. The molecule has 0 amide bonds. The molecular weight excluding hydrogens is 267 g/mol. The monoisotopic (exact) mass is 284 g/mol. The van der Waals surface area contributed by atoms with Gasteiger partial charge in [0, 0.05) is 16.9 Å². The molecule has 0 fully saturated rings. The molecule has 0 aliphatic heterocycles. The Hall–Kier alpha value is -2.16. The molecule has 0 saturated heterocycles. The SMILES string of the molecule is CC1(C)CC(c2ccc(F)cc2)c2ccc(O)cc2C1=O. The molecule has 2 nitrogen and oxygen atoms in total. The van der Waals surface area contributed by atoms with Gasteiger partial charge < -0.3 is 5.11 Å². The molecule has 108 valence electrons. The van der Waals surface area contributed by atoms with Gasteiger partial charge in [0.05, 0.1) is 0 Å². The minimum atomic E-state index is -0.500. The highest BCUT2D eigenvalue weighted by Gasteiger charge is 2.39. The van der Waals surface area contributed by atoms with E-state index < -0.39 is 5.41 Å². The second-order valence-electron chi connectivity index (χ2n) is 6.29. The predicted molar refractivity (Wildman–Crippen MR) is 79.1 cm³/mol. The van der Waals surface area contributed by atoms with Crippen LogP contribution in [-0.2, 0) is 0 Å². The number of phenolic OH excluding ortho intramolecular Hbond substituents is 1. The number of aromatic hydroxyl groups is 1. The molecule has 1 aliphatic carbocycles. The van der Waals surface area contributed by atoms with Crippen LogP contribution in [-0.4, -0.2) is 10.9 Å². The largest absolute Gasteiger partial charge is 0.508 e. The minimum Gasteiger partial charge on any atom is -0.508 e. The second kappa shape index (κ2) is 4.69. The van der Waals surface area contributed by atoms with Crippen molar-refractivity contribution in [3.63, 3.8) is 0 Å². The van der Waals surface area contributed by atoms with Crippen LogP contribution >= 0.6 is 0 Å². The zero-order valence-corrected chi connectivity index (χ0v) is 12.1. The molecule has 0 heterocycles. The number of phenols is 1. The lowest BCUT2D eigenvalue weighted by Gasteiger charge is -2.36. The summed E-state index contributed by atoms with van der Waals surface area (Å²) in [5.41, 5.74) is 1.97. The molecule has 0 saturated carbocycles. The number of fused-ring (bicyclic) bond motifs is 1. The molecule has 3 heteroatoms. The van der Waals surface area contributed by atoms with E-state index in [-0.39, 0.29) is 23.3 Å². The summed E-state index contributed by atoms with van der Waals surface area (Å²) >= 11 is 0. The summed E-state index contributed by atoms with van der Waals surface area (Å²) in [5, 5.41) is 9.67. The molecule has 21 heavy (non-hydrogen) atoms. The fourth-order valence-electron chi connectivity index (χ4n) is 3.11. The lowest BCUT2D eigenvalue weighted by molar-refractivity contribution is 0.0801. The van der Waals surface area contributed by atoms with Crippen LogP contribution in [0.25, 0.3) is 0 Å². The van der Waals surface area contributed by atoms with Crippen molar-refractivity contribution in [1.82, 2.24) is 0 Å². The first-order valence-corrected chi connectivity index (χ1v) is 7.02. The van der Waals surface area contributed by atoms with E-state index in [1.165, 1.54) is 18.2 Å². The number of Topliss-reactive ketones (excluding diaryl/α,β-unsaturated/α-hetero) is 1. The summed E-state index contributed by atoms with van der Waals surface area (Å²) in [5.74, 6) is -0.0888. The van der Waals surface area contributed by atoms with Crippen molar-refractivity contribution >= 4 is 5.78 Å². The van der Waals surface area contributed by atoms with E-state index in [1.54, 1.807) is 24.3 Å². The van der Waals surface area contributed by atoms with Gasteiger partial charge in [0.25, 0.3) is 0 Å². The van der Waals surface area contributed by atoms with Crippen LogP contribution in [0.2, 0.25) is 0 Å². The van der Waals surface area contributed by atoms with Crippen LogP contribution < -0.4 is 0 Å². The molecule has 2 aromatic carbocycles. The summed E-state index contributed by atoms with van der Waals surface area (Å²) < 4.78 is 13.1. The maximum absolute atomic E-state index is 13.1. The number of benzene rings is 2. The predicted octanol–water partition coefficient (Wildman–Crippen LogP) is 4.28. The fraction of sp³-hybridized carbons (Fsp3) is 0.278. The summed E-state index contributed by atoms with van der Waals surface area (Å²) in [6.45, 7) is 3.83. The lowest BCUT2D eigenvalue weighted by atomic mass is 9.66. The first kappa shape index (κ1) is 13.8. The molecule has 1 atom stereocenters. The normalized spacial score (nSPS) is 20.1. The summed E-state index contributed by atoms with van der Waals surface area (Å²) in [6, 6.07) is 11.4. The van der Waals surface area contributed by atoms with Gasteiger partial charge in [-0.25, -0.2) is 4.39 Å². The van der Waals surface area contributed by atoms with Crippen LogP contribution in [0.3, 0.4) is 0 Å². The van der Waals surface area contributed by atoms with Gasteiger partial charge in [-0.1, -0.05) is 32.0 Å². The van der Waals surface area contributed by atoms with Gasteiger partial charge in [0.15, 0.2) is 5.78 Å². The third-order valence-electron chi connectivity index (χ3n) is 4.26. The highest BCUT2D eigenvalue weighted by atomic mass is 19.1. The Labute approximate surface area is 123 Å². The molecule has 1 aliphatic rings. The zero-order valence-electron chi connectivity index (χ0n) is 12.1. The summed E-state index contributed by atoms with van der Waals surface area (Å²) in [6.07, 6.45) is 0.676. The molecular formula is C18H17FO2. The highest BCUT2D eigenvalue weighted by Crippen LogP contribution is 2.45. The van der Waals surface area contributed by atoms with Crippen molar-refractivity contribution in [2.75, 3.05) is 0 Å². The van der Waals surface area contributed by atoms with Crippen molar-refractivity contribution < 1.29 is 14.3 Å². The molecule has 1 N–H and O–H groups in total. The number of rotatable bonds is 1. The summed E-state index contributed by atoms with van der Waals surface area (Å²) in [4.78, 5) is 12.6. The van der Waals surface area contributed by atoms with E-state index >= 15 is 0 Å². The van der Waals surface area contributed by atoms with Gasteiger partial charge in [-0.15, -0.1) is 0 Å². The average Bonchev–Trinajstić information content (AvgIpc) is 2.44. The topological polar surface area (TPSA) is 37.3 Å². The van der Waals surface area contributed by atoms with E-state index in [0.29, 0.717) is 12.0 Å². The maximum atomic E-state index is 13.1. The van der Waals surface area contributed by atoms with Gasteiger partial charge in [0.1, 0.15) is 11.6 Å². The van der Waals surface area contributed by atoms with Crippen LogP contribution in [0.4, 0.5) is 4.39 Å². The third kappa shape index (κ3) is 2.33. The lowest BCUT2D eigenvalue weighted by Crippen LogP contribution is -2.33. The van der Waals surface area contributed by atoms with Gasteiger partial charge >= 0.3 is 0 Å². The van der Waals surface area contributed by atoms with E-state index in [2.05, 4.69) is 0 Å². The molecule has 3 rings (SSSR count). The van der Waals surface area contributed by atoms with Crippen molar-refractivity contribution in [3.05, 3.63) is 65.0 Å². The number of carbonyl (C=O) groups excluding carboxylic acids is 1. The van der Waals surface area contributed by atoms with Crippen LogP contribution in [0.5, 0.6) is 5.75 Å². The van der Waals surface area contributed by atoms with E-state index in [4.69, 9.17) is 0 Å². The standard InChI is InChI=1S/C18H17FO2/c1-18(2)10-16(11-3-5-12(19)6-4-11)14-8-7-13(20)9-15(14)17(18)21/h3-9,16,20H,10H2,1-2H3. The van der Waals surface area contributed by atoms with Crippen molar-refractivity contribution in [3.8, 4) is 5.75 Å². The second-order valence-corrected chi connectivity index (χ2v) is 6.29. The Morgan fingerprint density at radius 3 is 2.48 bits per heavy atom. The molecule has 0 radical (unpaired) electrons. The van der Waals surface area contributed by atoms with Crippen molar-refractivity contribution in [2.45, 2.75) is 26.2 Å². The van der Waals surface area contributed by atoms with E-state index in [0.717, 1.165) is 11.1 Å². The van der Waals surface area contributed by atoms with Crippen molar-refractivity contribution in [2.24, 2.45) is 5.41 Å². The molecule has 0 spiro atoms. The average molecular weight is 284 g/mol. The Morgan fingerprint density at radius 2 is 1.81 bits per heavy atom. The first-order valence-electron chi connectivity index (χ1n) is 7.02. The first-order chi connectivity index (χ1) is 9.88. The van der Waals surface area contributed by atoms with Gasteiger partial charge in [-0.2, -0.15) is 0 Å². The van der Waals surface area contributed by atoms with Crippen LogP contribution in [0.15, 0.2) is 42.5 Å². The molecule has 2 aromatic rings. The quantitative estimate of drug-likeness (QED) is 0.848. The highest BCUT2D eigenvalue weighted by molar-refractivity contribution is 6.03. The van der Waals surface area contributed by atoms with Gasteiger partial charge in [0.2, 0.25) is 0 Å². The Balaban J connectivity index is 2.16. The minimum absolute atomic E-state index is 0.0360. The number of ketones is 1. The Morgan fingerprint density at radius 1 is 1.14 bits per heavy atom. The van der Waals surface area contributed by atoms with E-state index in [1.807, 2.05) is 13.8 Å². The Bertz CT molecular complexity index is 702. The zero-order chi connectivity index (χ0) is 15.2. The van der Waals surface area contributed by atoms with Crippen molar-refractivity contribution in [1.29, 1.82) is 0 Å². The Kier molecular flexibility index (Phi) is 3.08. The smallest absolute Gasteiger partial charge is 0.168 e. The van der Waals surface area contributed by atoms with E-state index in [9.17, 15) is 14.3 Å². The number of halogens is 1. The maximum Gasteiger partial charge on any atom is 0.168 e. The summed E-state index contributed by atoms with van der Waals surface area (Å²) in [7, 11) is 0. The molecule has 1 unspecified atom stereocenters. The van der Waals surface area contributed by atoms with Gasteiger partial charge in [-0.05, 0) is 41.8 Å². The number of hydrogen-bond acceptors (Lipinski definition) is 2. The number of hydrogen-bond donors (Lipinski definition) is 1. The molecule has 0 aromatic heterocycles.